The fraction of sp³-hybridized carbons (Fsp3) is 0.158. The Balaban J connectivity index is 1.92. The maximum Gasteiger partial charge on any atom is 0.206 e. The smallest absolute Gasteiger partial charge is 0.206 e. The van der Waals surface area contributed by atoms with Gasteiger partial charge in [0.1, 0.15) is 0 Å². The van der Waals surface area contributed by atoms with Crippen molar-refractivity contribution in [2.45, 2.75) is 19.4 Å². The van der Waals surface area contributed by atoms with E-state index >= 15 is 0 Å². The Hall–Kier alpha value is -2.37. The molecule has 2 N–H and O–H groups in total. The topological polar surface area (TPSA) is 54.5 Å². The Kier molecular flexibility index (Phi) is 4.19. The number of aromatic nitrogens is 1. The highest BCUT2D eigenvalue weighted by atomic mass is 35.5. The van der Waals surface area contributed by atoms with E-state index in [0.29, 0.717) is 5.02 Å². The van der Waals surface area contributed by atoms with Crippen LogP contribution in [-0.2, 0) is 6.42 Å². The lowest BCUT2D eigenvalue weighted by Gasteiger charge is -2.22. The van der Waals surface area contributed by atoms with Crippen molar-refractivity contribution < 1.29 is 0 Å². The van der Waals surface area contributed by atoms with Crippen LogP contribution in [0.15, 0.2) is 59.1 Å². The second-order valence-corrected chi connectivity index (χ2v) is 7.39. The number of thiazole rings is 1. The number of benzene rings is 2. The highest BCUT2D eigenvalue weighted by Crippen LogP contribution is 2.30. The van der Waals surface area contributed by atoms with Crippen LogP contribution >= 0.6 is 22.9 Å². The molecule has 126 valence electrons. The van der Waals surface area contributed by atoms with Crippen molar-refractivity contribution in [1.82, 2.24) is 4.98 Å². The molecule has 1 aliphatic heterocycles. The van der Waals surface area contributed by atoms with Crippen LogP contribution in [-0.4, -0.2) is 16.7 Å². The zero-order valence-corrected chi connectivity index (χ0v) is 15.3. The van der Waals surface area contributed by atoms with Gasteiger partial charge in [0.2, 0.25) is 5.13 Å². The molecule has 0 bridgehead atoms. The molecule has 0 aliphatic carbocycles. The molecule has 25 heavy (non-hydrogen) atoms. The number of nitrogens with two attached hydrogens (primary N) is 1. The van der Waals surface area contributed by atoms with E-state index in [9.17, 15) is 0 Å². The molecular weight excluding hydrogens is 352 g/mol. The number of hydrogen-bond donors (Lipinski definition) is 1. The van der Waals surface area contributed by atoms with Gasteiger partial charge in [0.15, 0.2) is 0 Å². The normalized spacial score (nSPS) is 17.0. The minimum absolute atomic E-state index is 0.192. The minimum atomic E-state index is 0.192. The summed E-state index contributed by atoms with van der Waals surface area (Å²) < 4.78 is 0. The summed E-state index contributed by atoms with van der Waals surface area (Å²) in [5.74, 6) is 0. The van der Waals surface area contributed by atoms with E-state index in [0.717, 1.165) is 34.1 Å². The molecule has 2 aromatic carbocycles. The average molecular weight is 369 g/mol. The summed E-state index contributed by atoms with van der Waals surface area (Å²) in [7, 11) is 0. The van der Waals surface area contributed by atoms with Crippen molar-refractivity contribution in [3.05, 3.63) is 75.8 Å². The van der Waals surface area contributed by atoms with E-state index in [1.54, 1.807) is 17.5 Å². The van der Waals surface area contributed by atoms with Gasteiger partial charge in [-0.1, -0.05) is 29.8 Å². The predicted octanol–water partition coefficient (Wildman–Crippen LogP) is 4.58. The SMILES string of the molecule is CC1Cc2ccc(Cl)cc2C(c2ccc(N)cc2)=NN1c1nccs1. The third-order valence-electron chi connectivity index (χ3n) is 4.27. The number of nitrogen functional groups attached to an aromatic ring is 1. The summed E-state index contributed by atoms with van der Waals surface area (Å²) in [5.41, 5.74) is 10.8. The van der Waals surface area contributed by atoms with E-state index in [1.165, 1.54) is 5.56 Å². The number of rotatable bonds is 2. The third-order valence-corrected chi connectivity index (χ3v) is 5.26. The van der Waals surface area contributed by atoms with Gasteiger partial charge in [-0.3, -0.25) is 0 Å². The molecule has 0 radical (unpaired) electrons. The molecule has 0 spiro atoms. The summed E-state index contributed by atoms with van der Waals surface area (Å²) >= 11 is 7.87. The first-order valence-electron chi connectivity index (χ1n) is 8.04. The molecular formula is C19H17ClN4S. The lowest BCUT2D eigenvalue weighted by Crippen LogP contribution is -2.29. The molecule has 1 aliphatic rings. The maximum atomic E-state index is 6.28. The molecule has 0 saturated heterocycles. The highest BCUT2D eigenvalue weighted by Gasteiger charge is 2.25. The van der Waals surface area contributed by atoms with Crippen LogP contribution in [0.25, 0.3) is 0 Å². The molecule has 2 heterocycles. The maximum absolute atomic E-state index is 6.28. The first-order chi connectivity index (χ1) is 12.1. The predicted molar refractivity (Wildman–Crippen MR) is 106 cm³/mol. The molecule has 1 aromatic heterocycles. The Bertz CT molecular complexity index is 919. The molecule has 3 aromatic rings. The molecule has 0 amide bonds. The van der Waals surface area contributed by atoms with Gasteiger partial charge in [-0.2, -0.15) is 5.10 Å². The zero-order chi connectivity index (χ0) is 17.4. The van der Waals surface area contributed by atoms with Gasteiger partial charge in [-0.15, -0.1) is 11.3 Å². The summed E-state index contributed by atoms with van der Waals surface area (Å²) in [4.78, 5) is 4.45. The van der Waals surface area contributed by atoms with E-state index in [2.05, 4.69) is 18.0 Å². The standard InChI is InChI=1S/C19H17ClN4S/c1-12-10-14-2-5-15(20)11-17(14)18(13-3-6-16(21)7-4-13)23-24(12)19-22-8-9-25-19/h2-9,11-12H,10,21H2,1H3. The van der Waals surface area contributed by atoms with Gasteiger partial charge < -0.3 is 5.73 Å². The van der Waals surface area contributed by atoms with Crippen molar-refractivity contribution in [1.29, 1.82) is 0 Å². The van der Waals surface area contributed by atoms with Crippen molar-refractivity contribution >= 4 is 39.5 Å². The molecule has 4 rings (SSSR count). The minimum Gasteiger partial charge on any atom is -0.399 e. The van der Waals surface area contributed by atoms with Crippen molar-refractivity contribution in [2.24, 2.45) is 5.10 Å². The van der Waals surface area contributed by atoms with E-state index in [4.69, 9.17) is 22.4 Å². The molecule has 6 heteroatoms. The molecule has 0 fully saturated rings. The molecule has 1 unspecified atom stereocenters. The van der Waals surface area contributed by atoms with E-state index in [-0.39, 0.29) is 6.04 Å². The van der Waals surface area contributed by atoms with E-state index < -0.39 is 0 Å². The fourth-order valence-corrected chi connectivity index (χ4v) is 3.89. The van der Waals surface area contributed by atoms with Gasteiger partial charge in [0.25, 0.3) is 0 Å². The van der Waals surface area contributed by atoms with Crippen LogP contribution in [0.1, 0.15) is 23.6 Å². The van der Waals surface area contributed by atoms with Gasteiger partial charge in [0.05, 0.1) is 11.8 Å². The summed E-state index contributed by atoms with van der Waals surface area (Å²) in [6.45, 7) is 2.16. The van der Waals surface area contributed by atoms with Crippen LogP contribution in [0.3, 0.4) is 0 Å². The highest BCUT2D eigenvalue weighted by molar-refractivity contribution is 7.13. The Morgan fingerprint density at radius 1 is 1.20 bits per heavy atom. The first-order valence-corrected chi connectivity index (χ1v) is 9.29. The Morgan fingerprint density at radius 3 is 2.72 bits per heavy atom. The monoisotopic (exact) mass is 368 g/mol. The number of fused-ring (bicyclic) bond motifs is 1. The van der Waals surface area contributed by atoms with Crippen LogP contribution in [0, 0.1) is 0 Å². The first kappa shape index (κ1) is 16.1. The van der Waals surface area contributed by atoms with Crippen LogP contribution in [0.4, 0.5) is 10.8 Å². The van der Waals surface area contributed by atoms with Crippen LogP contribution in [0.5, 0.6) is 0 Å². The summed E-state index contributed by atoms with van der Waals surface area (Å²) in [6.07, 6.45) is 2.67. The van der Waals surface area contributed by atoms with Gasteiger partial charge >= 0.3 is 0 Å². The molecule has 1 atom stereocenters. The fourth-order valence-electron chi connectivity index (χ4n) is 3.03. The third kappa shape index (κ3) is 3.13. The largest absolute Gasteiger partial charge is 0.399 e. The molecule has 0 saturated carbocycles. The number of halogens is 1. The van der Waals surface area contributed by atoms with Gasteiger partial charge in [0, 0.05) is 33.4 Å². The Morgan fingerprint density at radius 2 is 2.00 bits per heavy atom. The van der Waals surface area contributed by atoms with Crippen molar-refractivity contribution in [3.63, 3.8) is 0 Å². The molecule has 4 nitrogen and oxygen atoms in total. The number of hydrogen-bond acceptors (Lipinski definition) is 5. The number of hydrazone groups is 1. The van der Waals surface area contributed by atoms with E-state index in [1.807, 2.05) is 46.8 Å². The van der Waals surface area contributed by atoms with Crippen molar-refractivity contribution in [2.75, 3.05) is 10.7 Å². The Labute approximate surface area is 155 Å². The summed E-state index contributed by atoms with van der Waals surface area (Å²) in [5, 5.41) is 10.5. The quantitative estimate of drug-likeness (QED) is 0.673. The summed E-state index contributed by atoms with van der Waals surface area (Å²) in [6, 6.07) is 14.0. The average Bonchev–Trinajstić information content (AvgIpc) is 3.08. The van der Waals surface area contributed by atoms with Crippen LogP contribution < -0.4 is 10.7 Å². The lowest BCUT2D eigenvalue weighted by atomic mass is 9.95. The lowest BCUT2D eigenvalue weighted by molar-refractivity contribution is 0.656. The van der Waals surface area contributed by atoms with Crippen LogP contribution in [0.2, 0.25) is 5.02 Å². The second-order valence-electron chi connectivity index (χ2n) is 6.08. The second kappa shape index (κ2) is 6.50. The van der Waals surface area contributed by atoms with Gasteiger partial charge in [-0.25, -0.2) is 9.99 Å². The zero-order valence-electron chi connectivity index (χ0n) is 13.7. The number of anilines is 2. The van der Waals surface area contributed by atoms with Crippen molar-refractivity contribution in [3.8, 4) is 0 Å². The number of nitrogens with zero attached hydrogens (tertiary/aromatic N) is 3. The van der Waals surface area contributed by atoms with Gasteiger partial charge in [-0.05, 0) is 43.2 Å².